The Labute approximate surface area is 135 Å². The van der Waals surface area contributed by atoms with Crippen LogP contribution >= 0.6 is 43.5 Å². The second-order valence-corrected chi connectivity index (χ2v) is 6.36. The summed E-state index contributed by atoms with van der Waals surface area (Å²) in [6.45, 7) is 2.56. The number of alkyl halides is 1. The third-order valence-electron chi connectivity index (χ3n) is 2.73. The van der Waals surface area contributed by atoms with Gasteiger partial charge in [0.25, 0.3) is 0 Å². The van der Waals surface area contributed by atoms with Crippen molar-refractivity contribution in [2.45, 2.75) is 19.4 Å². The molecule has 0 aliphatic rings. The first kappa shape index (κ1) is 14.9. The highest BCUT2D eigenvalue weighted by atomic mass is 79.9. The first-order chi connectivity index (χ1) is 9.10. The summed E-state index contributed by atoms with van der Waals surface area (Å²) in [7, 11) is 0. The summed E-state index contributed by atoms with van der Waals surface area (Å²) in [5, 5.41) is 0. The molecule has 100 valence electrons. The smallest absolute Gasteiger partial charge is 0.127 e. The second-order valence-electron chi connectivity index (χ2n) is 4.26. The number of hydrogen-bond acceptors (Lipinski definition) is 1. The Balaban J connectivity index is 2.19. The van der Waals surface area contributed by atoms with E-state index >= 15 is 0 Å². The molecule has 0 atom stereocenters. The van der Waals surface area contributed by atoms with Gasteiger partial charge in [-0.3, -0.25) is 0 Å². The third-order valence-corrected chi connectivity index (χ3v) is 3.97. The molecular formula is C15H13Br2ClO. The minimum atomic E-state index is 0.439. The molecule has 0 spiro atoms. The van der Waals surface area contributed by atoms with Crippen molar-refractivity contribution in [1.82, 2.24) is 0 Å². The Morgan fingerprint density at radius 2 is 1.89 bits per heavy atom. The molecule has 4 heteroatoms. The quantitative estimate of drug-likeness (QED) is 0.582. The van der Waals surface area contributed by atoms with Crippen LogP contribution in [0.2, 0.25) is 0 Å². The molecule has 0 bridgehead atoms. The van der Waals surface area contributed by atoms with E-state index in [1.807, 2.05) is 37.3 Å². The summed E-state index contributed by atoms with van der Waals surface area (Å²) in [6, 6.07) is 12.1. The maximum atomic E-state index is 5.97. The van der Waals surface area contributed by atoms with Gasteiger partial charge in [-0.05, 0) is 42.3 Å². The van der Waals surface area contributed by atoms with Gasteiger partial charge in [-0.1, -0.05) is 44.0 Å². The van der Waals surface area contributed by atoms with E-state index in [4.69, 9.17) is 16.3 Å². The lowest BCUT2D eigenvalue weighted by Crippen LogP contribution is -2.00. The summed E-state index contributed by atoms with van der Waals surface area (Å²) in [6.07, 6.45) is 0. The maximum Gasteiger partial charge on any atom is 0.127 e. The fourth-order valence-electron chi connectivity index (χ4n) is 1.89. The van der Waals surface area contributed by atoms with Gasteiger partial charge in [-0.15, -0.1) is 11.6 Å². The van der Waals surface area contributed by atoms with Gasteiger partial charge in [0.15, 0.2) is 0 Å². The largest absolute Gasteiger partial charge is 0.488 e. The van der Waals surface area contributed by atoms with Gasteiger partial charge in [-0.25, -0.2) is 0 Å². The topological polar surface area (TPSA) is 9.23 Å². The van der Waals surface area contributed by atoms with Gasteiger partial charge >= 0.3 is 0 Å². The van der Waals surface area contributed by atoms with Crippen LogP contribution in [0.15, 0.2) is 45.3 Å². The highest BCUT2D eigenvalue weighted by Crippen LogP contribution is 2.30. The van der Waals surface area contributed by atoms with Crippen LogP contribution in [0.3, 0.4) is 0 Å². The molecule has 0 amide bonds. The Morgan fingerprint density at radius 3 is 2.58 bits per heavy atom. The van der Waals surface area contributed by atoms with E-state index < -0.39 is 0 Å². The molecule has 0 N–H and O–H groups in total. The van der Waals surface area contributed by atoms with Crippen LogP contribution in [0.25, 0.3) is 0 Å². The highest BCUT2D eigenvalue weighted by Gasteiger charge is 2.08. The van der Waals surface area contributed by atoms with Crippen molar-refractivity contribution >= 4 is 43.5 Å². The second kappa shape index (κ2) is 6.78. The molecule has 0 aromatic heterocycles. The number of halogens is 3. The molecule has 0 unspecified atom stereocenters. The van der Waals surface area contributed by atoms with Crippen molar-refractivity contribution in [3.63, 3.8) is 0 Å². The van der Waals surface area contributed by atoms with Gasteiger partial charge in [0.1, 0.15) is 12.4 Å². The summed E-state index contributed by atoms with van der Waals surface area (Å²) in [4.78, 5) is 0. The van der Waals surface area contributed by atoms with E-state index in [2.05, 4.69) is 37.9 Å². The minimum Gasteiger partial charge on any atom is -0.488 e. The van der Waals surface area contributed by atoms with Crippen LogP contribution in [0.4, 0.5) is 0 Å². The SMILES string of the molecule is Cc1cc(Br)cc(CCl)c1OCc1cccc(Br)c1. The molecule has 19 heavy (non-hydrogen) atoms. The predicted molar refractivity (Wildman–Crippen MR) is 86.9 cm³/mol. The van der Waals surface area contributed by atoms with E-state index in [9.17, 15) is 0 Å². The maximum absolute atomic E-state index is 5.97. The monoisotopic (exact) mass is 402 g/mol. The Kier molecular flexibility index (Phi) is 5.31. The fourth-order valence-corrected chi connectivity index (χ4v) is 3.15. The van der Waals surface area contributed by atoms with Crippen molar-refractivity contribution in [2.24, 2.45) is 0 Å². The molecule has 0 saturated carbocycles. The van der Waals surface area contributed by atoms with E-state index in [0.717, 1.165) is 31.4 Å². The summed E-state index contributed by atoms with van der Waals surface area (Å²) in [5.41, 5.74) is 3.21. The normalized spacial score (nSPS) is 10.5. The standard InChI is InChI=1S/C15H13Br2ClO/c1-10-5-14(17)7-12(8-18)15(10)19-9-11-3-2-4-13(16)6-11/h2-7H,8-9H2,1H3. The summed E-state index contributed by atoms with van der Waals surface area (Å²) < 4.78 is 8.01. The highest BCUT2D eigenvalue weighted by molar-refractivity contribution is 9.10. The molecular weight excluding hydrogens is 391 g/mol. The zero-order chi connectivity index (χ0) is 13.8. The molecule has 0 fully saturated rings. The Bertz CT molecular complexity index is 584. The van der Waals surface area contributed by atoms with Gasteiger partial charge in [0.2, 0.25) is 0 Å². The molecule has 0 aliphatic carbocycles. The molecule has 2 aromatic carbocycles. The molecule has 1 nitrogen and oxygen atoms in total. The Morgan fingerprint density at radius 1 is 1.11 bits per heavy atom. The average Bonchev–Trinajstić information content (AvgIpc) is 2.37. The van der Waals surface area contributed by atoms with Gasteiger partial charge in [0, 0.05) is 14.5 Å². The van der Waals surface area contributed by atoms with Crippen LogP contribution in [-0.4, -0.2) is 0 Å². The lowest BCUT2D eigenvalue weighted by molar-refractivity contribution is 0.301. The molecule has 0 saturated heterocycles. The lowest BCUT2D eigenvalue weighted by Gasteiger charge is -2.14. The van der Waals surface area contributed by atoms with Crippen molar-refractivity contribution in [1.29, 1.82) is 0 Å². The van der Waals surface area contributed by atoms with Gasteiger partial charge in [0.05, 0.1) is 5.88 Å². The summed E-state index contributed by atoms with van der Waals surface area (Å²) in [5.74, 6) is 1.31. The number of benzene rings is 2. The van der Waals surface area contributed by atoms with Crippen LogP contribution in [-0.2, 0) is 12.5 Å². The van der Waals surface area contributed by atoms with E-state index in [1.165, 1.54) is 0 Å². The lowest BCUT2D eigenvalue weighted by atomic mass is 10.1. The van der Waals surface area contributed by atoms with Crippen molar-refractivity contribution in [3.8, 4) is 5.75 Å². The van der Waals surface area contributed by atoms with E-state index in [0.29, 0.717) is 12.5 Å². The zero-order valence-corrected chi connectivity index (χ0v) is 14.3. The number of ether oxygens (including phenoxy) is 1. The number of aryl methyl sites for hydroxylation is 1. The predicted octanol–water partition coefficient (Wildman–Crippen LogP) is 5.84. The first-order valence-electron chi connectivity index (χ1n) is 5.82. The average molecular weight is 405 g/mol. The van der Waals surface area contributed by atoms with Crippen molar-refractivity contribution < 1.29 is 4.74 Å². The van der Waals surface area contributed by atoms with Gasteiger partial charge < -0.3 is 4.74 Å². The van der Waals surface area contributed by atoms with E-state index in [-0.39, 0.29) is 0 Å². The molecule has 2 aromatic rings. The van der Waals surface area contributed by atoms with E-state index in [1.54, 1.807) is 0 Å². The zero-order valence-electron chi connectivity index (χ0n) is 10.4. The number of rotatable bonds is 4. The Hall–Kier alpha value is -0.510. The van der Waals surface area contributed by atoms with Crippen LogP contribution in [0.5, 0.6) is 5.75 Å². The first-order valence-corrected chi connectivity index (χ1v) is 7.94. The fraction of sp³-hybridized carbons (Fsp3) is 0.200. The van der Waals surface area contributed by atoms with Crippen molar-refractivity contribution in [2.75, 3.05) is 0 Å². The van der Waals surface area contributed by atoms with Crippen LogP contribution in [0, 0.1) is 6.92 Å². The third kappa shape index (κ3) is 3.98. The molecule has 0 radical (unpaired) electrons. The summed E-state index contributed by atoms with van der Waals surface area (Å²) >= 11 is 12.9. The van der Waals surface area contributed by atoms with Crippen LogP contribution in [0.1, 0.15) is 16.7 Å². The van der Waals surface area contributed by atoms with Gasteiger partial charge in [-0.2, -0.15) is 0 Å². The minimum absolute atomic E-state index is 0.439. The molecule has 2 rings (SSSR count). The van der Waals surface area contributed by atoms with Crippen LogP contribution < -0.4 is 4.74 Å². The molecule has 0 heterocycles. The number of hydrogen-bond donors (Lipinski definition) is 0. The molecule has 0 aliphatic heterocycles. The van der Waals surface area contributed by atoms with Crippen molar-refractivity contribution in [3.05, 3.63) is 62.0 Å².